The fraction of sp³-hybridized carbons (Fsp3) is 0.571. The third-order valence-electron chi connectivity index (χ3n) is 15.9. The Balaban J connectivity index is 0.658. The molecule has 5 amide bonds. The van der Waals surface area contributed by atoms with Crippen LogP contribution in [0.3, 0.4) is 0 Å². The Morgan fingerprint density at radius 1 is 0.859 bits per heavy atom. The Labute approximate surface area is 417 Å². The van der Waals surface area contributed by atoms with E-state index in [4.69, 9.17) is 14.2 Å². The number of unbranched alkanes of at least 4 members (excludes halogenated alkanes) is 1. The van der Waals surface area contributed by atoms with Crippen LogP contribution in [0, 0.1) is 29.1 Å². The van der Waals surface area contributed by atoms with Gasteiger partial charge in [0.1, 0.15) is 11.6 Å². The monoisotopic (exact) mass is 974 g/mol. The van der Waals surface area contributed by atoms with Crippen LogP contribution in [-0.2, 0) is 33.4 Å². The molecule has 2 aliphatic heterocycles. The molecule has 2 heterocycles. The Hall–Kier alpha value is -5.66. The second-order valence-electron chi connectivity index (χ2n) is 20.2. The van der Waals surface area contributed by atoms with Gasteiger partial charge in [-0.25, -0.2) is 0 Å². The van der Waals surface area contributed by atoms with Crippen molar-refractivity contribution < 1.29 is 48.1 Å². The Kier molecular flexibility index (Phi) is 16.9. The fourth-order valence-electron chi connectivity index (χ4n) is 12.2. The number of amides is 5. The normalized spacial score (nSPS) is 25.7. The van der Waals surface area contributed by atoms with Gasteiger partial charge < -0.3 is 34.9 Å². The maximum Gasteiger partial charge on any atom is 0.264 e. The van der Waals surface area contributed by atoms with E-state index in [0.717, 1.165) is 62.1 Å². The number of nitrogens with zero attached hydrogens (tertiary/aromatic N) is 2. The summed E-state index contributed by atoms with van der Waals surface area (Å²) in [6.45, 7) is 8.68. The highest BCUT2D eigenvalue weighted by Crippen LogP contribution is 2.66. The van der Waals surface area contributed by atoms with E-state index in [1.165, 1.54) is 22.3 Å². The zero-order chi connectivity index (χ0) is 50.1. The minimum atomic E-state index is -1.01. The summed E-state index contributed by atoms with van der Waals surface area (Å²) < 4.78 is 17.0. The number of allylic oxidation sites excluding steroid dienone is 4. The second-order valence-corrected chi connectivity index (χ2v) is 20.2. The summed E-state index contributed by atoms with van der Waals surface area (Å²) in [6, 6.07) is 12.9. The van der Waals surface area contributed by atoms with Crippen molar-refractivity contribution in [1.29, 1.82) is 0 Å². The number of hydrogen-bond acceptors (Lipinski definition) is 12. The van der Waals surface area contributed by atoms with E-state index in [0.29, 0.717) is 102 Å². The molecule has 6 atom stereocenters. The minimum Gasteiger partial charge on any atom is -0.384 e. The van der Waals surface area contributed by atoms with Crippen molar-refractivity contribution >= 4 is 46.7 Å². The highest BCUT2D eigenvalue weighted by Gasteiger charge is 2.62. The van der Waals surface area contributed by atoms with Crippen LogP contribution < -0.4 is 20.9 Å². The lowest BCUT2D eigenvalue weighted by molar-refractivity contribution is -0.136. The van der Waals surface area contributed by atoms with E-state index in [9.17, 15) is 33.9 Å². The maximum atomic E-state index is 13.3. The molecule has 0 bridgehead atoms. The van der Waals surface area contributed by atoms with Crippen molar-refractivity contribution in [2.75, 3.05) is 76.5 Å². The number of benzene rings is 2. The lowest BCUT2D eigenvalue weighted by atomic mass is 9.51. The predicted octanol–water partition coefficient (Wildman–Crippen LogP) is 6.41. The molecule has 0 aromatic heterocycles. The van der Waals surface area contributed by atoms with E-state index < -0.39 is 35.3 Å². The molecule has 4 aliphatic carbocycles. The van der Waals surface area contributed by atoms with Crippen molar-refractivity contribution in [1.82, 2.24) is 15.5 Å². The number of hydrogen-bond donors (Lipinski definition) is 4. The van der Waals surface area contributed by atoms with Gasteiger partial charge in [0, 0.05) is 81.9 Å². The number of piperidine rings is 1. The van der Waals surface area contributed by atoms with E-state index in [1.807, 2.05) is 13.0 Å². The maximum absolute atomic E-state index is 13.3. The molecule has 1 unspecified atom stereocenters. The van der Waals surface area contributed by atoms with Crippen molar-refractivity contribution in [2.24, 2.45) is 17.3 Å². The van der Waals surface area contributed by atoms with Crippen LogP contribution in [0.2, 0.25) is 0 Å². The standard InChI is InChI=1S/C56H71N5O10/c1-4-24-56(68)25-23-45-42-19-15-38-35-40(62)18-20-41(38)50(42)44(36-55(45,56)2)37-13-16-39(17-14-37)60(3)28-6-5-12-48(63)58-27-9-30-70-32-34-71-33-31-69-29-8-26-57-46-11-7-10-43-51(46)54(67)61(53(43)66)47-21-22-49(64)59-52(47)65/h7,10-11,13-14,16-17,35,42,44-45,47,57,68H,5-6,8-9,12,15,18-23,25-34,36H2,1-3H3,(H,58,63)(H,59,64,65)/t42-,44+,45-,47?,55-,56-/m0/s1. The molecule has 1 saturated heterocycles. The van der Waals surface area contributed by atoms with E-state index in [2.05, 4.69) is 70.9 Å². The predicted molar refractivity (Wildman–Crippen MR) is 269 cm³/mol. The van der Waals surface area contributed by atoms with Gasteiger partial charge in [-0.05, 0) is 136 Å². The number of ether oxygens (including phenoxy) is 3. The minimum absolute atomic E-state index is 0.0453. The zero-order valence-corrected chi connectivity index (χ0v) is 41.7. The first-order valence-electron chi connectivity index (χ1n) is 25.9. The number of anilines is 2. The Bertz CT molecular complexity index is 2470. The van der Waals surface area contributed by atoms with Crippen molar-refractivity contribution in [3.05, 3.63) is 82.0 Å². The number of nitrogens with one attached hydrogen (secondary N) is 3. The van der Waals surface area contributed by atoms with Crippen molar-refractivity contribution in [3.63, 3.8) is 0 Å². The van der Waals surface area contributed by atoms with Crippen molar-refractivity contribution in [2.45, 2.75) is 121 Å². The van der Waals surface area contributed by atoms with Gasteiger partial charge in [0.2, 0.25) is 17.7 Å². The number of ketones is 1. The number of rotatable bonds is 23. The van der Waals surface area contributed by atoms with Gasteiger partial charge in [-0.2, -0.15) is 0 Å². The zero-order valence-electron chi connectivity index (χ0n) is 41.7. The highest BCUT2D eigenvalue weighted by molar-refractivity contribution is 6.25. The van der Waals surface area contributed by atoms with Gasteiger partial charge in [0.15, 0.2) is 5.78 Å². The molecular formula is C56H71N5O10. The van der Waals surface area contributed by atoms with Gasteiger partial charge in [-0.1, -0.05) is 36.6 Å². The number of aliphatic hydroxyl groups is 1. The molecule has 2 aromatic rings. The van der Waals surface area contributed by atoms with Crippen LogP contribution in [0.5, 0.6) is 0 Å². The first-order chi connectivity index (χ1) is 34.3. The first kappa shape index (κ1) is 51.7. The third kappa shape index (κ3) is 11.4. The molecule has 2 saturated carbocycles. The Morgan fingerprint density at radius 3 is 2.32 bits per heavy atom. The summed E-state index contributed by atoms with van der Waals surface area (Å²) in [5.74, 6) is 5.40. The van der Waals surface area contributed by atoms with Crippen LogP contribution in [-0.4, -0.2) is 123 Å². The fourth-order valence-corrected chi connectivity index (χ4v) is 12.2. The first-order valence-corrected chi connectivity index (χ1v) is 25.9. The van der Waals surface area contributed by atoms with E-state index in [1.54, 1.807) is 18.2 Å². The van der Waals surface area contributed by atoms with Crippen LogP contribution in [0.4, 0.5) is 11.4 Å². The summed E-state index contributed by atoms with van der Waals surface area (Å²) >= 11 is 0. The lowest BCUT2D eigenvalue weighted by Gasteiger charge is -2.53. The number of carbonyl (C=O) groups excluding carboxylic acids is 6. The average molecular weight is 974 g/mol. The smallest absolute Gasteiger partial charge is 0.264 e. The van der Waals surface area contributed by atoms with Crippen LogP contribution in [0.25, 0.3) is 0 Å². The van der Waals surface area contributed by atoms with Crippen molar-refractivity contribution in [3.8, 4) is 11.8 Å². The largest absolute Gasteiger partial charge is 0.384 e. The van der Waals surface area contributed by atoms with Crippen LogP contribution in [0.1, 0.15) is 136 Å². The Morgan fingerprint density at radius 2 is 1.59 bits per heavy atom. The summed E-state index contributed by atoms with van der Waals surface area (Å²) in [7, 11) is 2.10. The summed E-state index contributed by atoms with van der Waals surface area (Å²) in [5, 5.41) is 20.4. The molecule has 0 spiro atoms. The number of fused-ring (bicyclic) bond motifs is 5. The molecule has 380 valence electrons. The van der Waals surface area contributed by atoms with Gasteiger partial charge in [-0.3, -0.25) is 39.0 Å². The van der Waals surface area contributed by atoms with E-state index in [-0.39, 0.29) is 47.0 Å². The summed E-state index contributed by atoms with van der Waals surface area (Å²) in [4.78, 5) is 78.5. The van der Waals surface area contributed by atoms with Gasteiger partial charge in [0.25, 0.3) is 11.8 Å². The molecular weight excluding hydrogens is 903 g/mol. The van der Waals surface area contributed by atoms with E-state index >= 15 is 0 Å². The highest BCUT2D eigenvalue weighted by atomic mass is 16.5. The summed E-state index contributed by atoms with van der Waals surface area (Å²) in [6.07, 6.45) is 11.5. The molecule has 6 aliphatic rings. The quantitative estimate of drug-likeness (QED) is 0.0545. The SMILES string of the molecule is CC#C[C@]1(O)CC[C@H]2[C@@H]3CCC4=CC(=O)CCC4=C3[C@@H](c3ccc(N(C)CCCCC(=O)NCCCOCCOCCOCCCNc4cccc5c4C(=O)N(C4CCC(=O)NC4=O)C5=O)cc3)C[C@@]21C. The van der Waals surface area contributed by atoms with Crippen LogP contribution >= 0.6 is 0 Å². The molecule has 2 aromatic carbocycles. The molecule has 0 radical (unpaired) electrons. The van der Waals surface area contributed by atoms with Gasteiger partial charge in [-0.15, -0.1) is 5.92 Å². The molecule has 8 rings (SSSR count). The third-order valence-corrected chi connectivity index (χ3v) is 15.9. The van der Waals surface area contributed by atoms with Gasteiger partial charge >= 0.3 is 0 Å². The number of imide groups is 2. The molecule has 71 heavy (non-hydrogen) atoms. The average Bonchev–Trinajstić information content (AvgIpc) is 3.77. The summed E-state index contributed by atoms with van der Waals surface area (Å²) in [5.41, 5.74) is 6.23. The molecule has 15 heteroatoms. The second kappa shape index (κ2) is 23.3. The lowest BCUT2D eigenvalue weighted by Crippen LogP contribution is -2.54. The topological polar surface area (TPSA) is 193 Å². The van der Waals surface area contributed by atoms with Gasteiger partial charge in [0.05, 0.1) is 37.6 Å². The number of carbonyl (C=O) groups is 6. The van der Waals surface area contributed by atoms with Crippen LogP contribution in [0.15, 0.2) is 65.3 Å². The molecule has 3 fully saturated rings. The molecule has 15 nitrogen and oxygen atoms in total. The molecule has 4 N–H and O–H groups in total.